The fourth-order valence-corrected chi connectivity index (χ4v) is 4.04. The van der Waals surface area contributed by atoms with Crippen molar-refractivity contribution in [1.29, 1.82) is 0 Å². The highest BCUT2D eigenvalue weighted by Crippen LogP contribution is 2.39. The van der Waals surface area contributed by atoms with Crippen LogP contribution in [0.5, 0.6) is 0 Å². The Morgan fingerprint density at radius 2 is 1.56 bits per heavy atom. The number of rotatable bonds is 5. The molecule has 0 amide bonds. The number of aliphatic carboxylic acids is 1. The standard InChI is InChI=1S/C22H20F7NO2/c23-18-11-16(22(27,28)29)5-6-17(18)19-9-14(10-20(31)32)7-8-30(19)12-13-1-3-15(4-2-13)21(24,25)26/h1-6,11,14,19H,7-10,12H2,(H,31,32). The summed E-state index contributed by atoms with van der Waals surface area (Å²) in [4.78, 5) is 12.9. The van der Waals surface area contributed by atoms with E-state index in [2.05, 4.69) is 0 Å². The number of alkyl halides is 6. The van der Waals surface area contributed by atoms with Gasteiger partial charge in [0.1, 0.15) is 5.82 Å². The molecule has 0 aliphatic carbocycles. The number of halogens is 7. The molecule has 174 valence electrons. The van der Waals surface area contributed by atoms with E-state index in [0.29, 0.717) is 24.6 Å². The Morgan fingerprint density at radius 1 is 0.969 bits per heavy atom. The Bertz CT molecular complexity index is 954. The van der Waals surface area contributed by atoms with Gasteiger partial charge >= 0.3 is 18.3 Å². The summed E-state index contributed by atoms with van der Waals surface area (Å²) < 4.78 is 91.8. The number of likely N-dealkylation sites (tertiary alicyclic amines) is 1. The van der Waals surface area contributed by atoms with E-state index in [9.17, 15) is 35.5 Å². The molecule has 3 nitrogen and oxygen atoms in total. The lowest BCUT2D eigenvalue weighted by Gasteiger charge is -2.40. The number of piperidine rings is 1. The molecule has 1 saturated heterocycles. The maximum atomic E-state index is 14.7. The van der Waals surface area contributed by atoms with Gasteiger partial charge in [-0.05, 0) is 55.1 Å². The van der Waals surface area contributed by atoms with Crippen LogP contribution in [-0.4, -0.2) is 22.5 Å². The van der Waals surface area contributed by atoms with Gasteiger partial charge in [0, 0.05) is 24.6 Å². The van der Waals surface area contributed by atoms with E-state index in [1.807, 2.05) is 0 Å². The summed E-state index contributed by atoms with van der Waals surface area (Å²) in [5, 5.41) is 9.09. The molecular formula is C22H20F7NO2. The molecule has 0 spiro atoms. The van der Waals surface area contributed by atoms with Crippen LogP contribution in [0.15, 0.2) is 42.5 Å². The fraction of sp³-hybridized carbons (Fsp3) is 0.409. The highest BCUT2D eigenvalue weighted by molar-refractivity contribution is 5.67. The zero-order valence-corrected chi connectivity index (χ0v) is 16.7. The molecule has 2 unspecified atom stereocenters. The minimum absolute atomic E-state index is 0.000000420. The van der Waals surface area contributed by atoms with Gasteiger partial charge in [-0.1, -0.05) is 18.2 Å². The minimum Gasteiger partial charge on any atom is -0.481 e. The molecule has 1 aliphatic heterocycles. The molecule has 1 heterocycles. The van der Waals surface area contributed by atoms with E-state index >= 15 is 0 Å². The third kappa shape index (κ3) is 5.79. The van der Waals surface area contributed by atoms with Crippen LogP contribution in [0.3, 0.4) is 0 Å². The van der Waals surface area contributed by atoms with Crippen LogP contribution in [0.2, 0.25) is 0 Å². The highest BCUT2D eigenvalue weighted by atomic mass is 19.4. The molecule has 2 atom stereocenters. The summed E-state index contributed by atoms with van der Waals surface area (Å²) in [6.45, 7) is 0.465. The first-order valence-corrected chi connectivity index (χ1v) is 9.83. The molecule has 1 fully saturated rings. The topological polar surface area (TPSA) is 40.5 Å². The summed E-state index contributed by atoms with van der Waals surface area (Å²) in [5.41, 5.74) is -1.43. The molecule has 1 N–H and O–H groups in total. The van der Waals surface area contributed by atoms with E-state index in [4.69, 9.17) is 5.11 Å². The summed E-state index contributed by atoms with van der Waals surface area (Å²) in [6, 6.07) is 5.98. The molecule has 0 saturated carbocycles. The van der Waals surface area contributed by atoms with Gasteiger partial charge in [0.15, 0.2) is 0 Å². The smallest absolute Gasteiger partial charge is 0.416 e. The molecule has 10 heteroatoms. The SMILES string of the molecule is O=C(O)CC1CCN(Cc2ccc(C(F)(F)F)cc2)C(c2ccc(C(F)(F)F)cc2F)C1. The van der Waals surface area contributed by atoms with Crippen molar-refractivity contribution in [2.24, 2.45) is 5.92 Å². The first kappa shape index (κ1) is 24.0. The summed E-state index contributed by atoms with van der Waals surface area (Å²) in [5.74, 6) is -2.39. The first-order valence-electron chi connectivity index (χ1n) is 9.83. The van der Waals surface area contributed by atoms with Crippen molar-refractivity contribution < 1.29 is 40.6 Å². The molecule has 2 aromatic carbocycles. The van der Waals surface area contributed by atoms with Gasteiger partial charge in [0.05, 0.1) is 11.1 Å². The largest absolute Gasteiger partial charge is 0.481 e. The molecule has 0 radical (unpaired) electrons. The van der Waals surface area contributed by atoms with Gasteiger partial charge < -0.3 is 5.11 Å². The average molecular weight is 463 g/mol. The minimum atomic E-state index is -4.71. The molecule has 3 rings (SSSR count). The highest BCUT2D eigenvalue weighted by Gasteiger charge is 2.35. The van der Waals surface area contributed by atoms with E-state index in [0.717, 1.165) is 24.3 Å². The summed E-state index contributed by atoms with van der Waals surface area (Å²) in [7, 11) is 0. The summed E-state index contributed by atoms with van der Waals surface area (Å²) in [6.07, 6.45) is -8.69. The number of nitrogens with zero attached hydrogens (tertiary/aromatic N) is 1. The Hall–Kier alpha value is -2.62. The number of carbonyl (C=O) groups is 1. The number of hydrogen-bond donors (Lipinski definition) is 1. The van der Waals surface area contributed by atoms with Crippen LogP contribution >= 0.6 is 0 Å². The van der Waals surface area contributed by atoms with Gasteiger partial charge in [-0.25, -0.2) is 4.39 Å². The summed E-state index contributed by atoms with van der Waals surface area (Å²) >= 11 is 0. The van der Waals surface area contributed by atoms with Crippen LogP contribution in [0.1, 0.15) is 47.6 Å². The van der Waals surface area contributed by atoms with Crippen molar-refractivity contribution in [3.05, 3.63) is 70.5 Å². The second kappa shape index (κ2) is 9.09. The Labute approximate surface area is 179 Å². The lowest BCUT2D eigenvalue weighted by atomic mass is 9.84. The number of benzene rings is 2. The molecule has 1 aliphatic rings. The van der Waals surface area contributed by atoms with Crippen molar-refractivity contribution in [1.82, 2.24) is 4.90 Å². The lowest BCUT2D eigenvalue weighted by Crippen LogP contribution is -2.37. The first-order chi connectivity index (χ1) is 14.8. The molecule has 0 bridgehead atoms. The van der Waals surface area contributed by atoms with Crippen molar-refractivity contribution in [3.63, 3.8) is 0 Å². The maximum absolute atomic E-state index is 14.7. The number of carboxylic acid groups (broad SMARTS) is 1. The van der Waals surface area contributed by atoms with Gasteiger partial charge in [0.2, 0.25) is 0 Å². The molecule has 32 heavy (non-hydrogen) atoms. The van der Waals surface area contributed by atoms with Crippen molar-refractivity contribution in [3.8, 4) is 0 Å². The maximum Gasteiger partial charge on any atom is 0.416 e. The Kier molecular flexibility index (Phi) is 6.83. The number of hydrogen-bond acceptors (Lipinski definition) is 2. The van der Waals surface area contributed by atoms with Crippen LogP contribution < -0.4 is 0 Å². The van der Waals surface area contributed by atoms with Crippen LogP contribution in [0.4, 0.5) is 30.7 Å². The van der Waals surface area contributed by atoms with Crippen molar-refractivity contribution in [2.45, 2.75) is 44.2 Å². The van der Waals surface area contributed by atoms with E-state index in [1.54, 1.807) is 4.90 Å². The van der Waals surface area contributed by atoms with Crippen LogP contribution in [-0.2, 0) is 23.7 Å². The second-order valence-electron chi connectivity index (χ2n) is 7.90. The van der Waals surface area contributed by atoms with Crippen LogP contribution in [0, 0.1) is 11.7 Å². The van der Waals surface area contributed by atoms with Gasteiger partial charge in [-0.2, -0.15) is 26.3 Å². The Morgan fingerprint density at radius 3 is 2.09 bits per heavy atom. The van der Waals surface area contributed by atoms with E-state index in [-0.39, 0.29) is 30.9 Å². The van der Waals surface area contributed by atoms with Crippen molar-refractivity contribution in [2.75, 3.05) is 6.54 Å². The quantitative estimate of drug-likeness (QED) is 0.530. The third-order valence-electron chi connectivity index (χ3n) is 5.64. The second-order valence-corrected chi connectivity index (χ2v) is 7.90. The molecular weight excluding hydrogens is 443 g/mol. The fourth-order valence-electron chi connectivity index (χ4n) is 4.04. The zero-order valence-electron chi connectivity index (χ0n) is 16.7. The third-order valence-corrected chi connectivity index (χ3v) is 5.64. The van der Waals surface area contributed by atoms with Gasteiger partial charge in [-0.3, -0.25) is 9.69 Å². The van der Waals surface area contributed by atoms with Crippen LogP contribution in [0.25, 0.3) is 0 Å². The predicted octanol–water partition coefficient (Wildman–Crippen LogP) is 6.29. The zero-order chi connectivity index (χ0) is 23.7. The predicted molar refractivity (Wildman–Crippen MR) is 101 cm³/mol. The lowest BCUT2D eigenvalue weighted by molar-refractivity contribution is -0.139. The van der Waals surface area contributed by atoms with E-state index in [1.165, 1.54) is 12.1 Å². The van der Waals surface area contributed by atoms with Gasteiger partial charge in [0.25, 0.3) is 0 Å². The van der Waals surface area contributed by atoms with Crippen molar-refractivity contribution >= 4 is 5.97 Å². The monoisotopic (exact) mass is 463 g/mol. The van der Waals surface area contributed by atoms with Gasteiger partial charge in [-0.15, -0.1) is 0 Å². The normalized spacial score (nSPS) is 20.3. The molecule has 2 aromatic rings. The van der Waals surface area contributed by atoms with E-state index < -0.39 is 41.3 Å². The Balaban J connectivity index is 1.88. The average Bonchev–Trinajstić information content (AvgIpc) is 2.68. The molecule has 0 aromatic heterocycles. The number of carboxylic acids is 1.